The van der Waals surface area contributed by atoms with Gasteiger partial charge in [-0.15, -0.1) is 0 Å². The van der Waals surface area contributed by atoms with Crippen molar-refractivity contribution in [3.8, 4) is 0 Å². The maximum atomic E-state index is 4.48. The second kappa shape index (κ2) is 3.77. The summed E-state index contributed by atoms with van der Waals surface area (Å²) >= 11 is 0. The molecule has 0 fully saturated rings. The van der Waals surface area contributed by atoms with Crippen molar-refractivity contribution in [2.45, 2.75) is 0 Å². The Morgan fingerprint density at radius 1 is 1.00 bits per heavy atom. The summed E-state index contributed by atoms with van der Waals surface area (Å²) < 4.78 is 0. The number of hydrogen-bond donors (Lipinski definition) is 0. The fraction of sp³-hybridized carbons (Fsp3) is 0. The van der Waals surface area contributed by atoms with Crippen LogP contribution in [0.3, 0.4) is 0 Å². The molecule has 0 saturated carbocycles. The molecule has 2 aromatic rings. The van der Waals surface area contributed by atoms with Crippen LogP contribution < -0.4 is 12.4 Å². The van der Waals surface area contributed by atoms with Gasteiger partial charge in [0.2, 0.25) is 5.69 Å². The van der Waals surface area contributed by atoms with Gasteiger partial charge in [-0.05, 0) is 12.1 Å². The number of fused-ring (bicyclic) bond motifs is 2. The van der Waals surface area contributed by atoms with Crippen molar-refractivity contribution in [2.75, 3.05) is 0 Å². The van der Waals surface area contributed by atoms with Gasteiger partial charge in [-0.25, -0.2) is 4.98 Å². The highest BCUT2D eigenvalue weighted by atomic mass is 35.5. The van der Waals surface area contributed by atoms with E-state index >= 15 is 0 Å². The number of allylic oxidation sites excluding steroid dienone is 2. The van der Waals surface area contributed by atoms with Gasteiger partial charge in [-0.2, -0.15) is 4.98 Å². The van der Waals surface area contributed by atoms with E-state index in [1.54, 1.807) is 0 Å². The molecule has 1 aromatic heterocycles. The molecule has 0 spiro atoms. The van der Waals surface area contributed by atoms with Crippen LogP contribution in [0.4, 0.5) is 0 Å². The van der Waals surface area contributed by atoms with E-state index in [-0.39, 0.29) is 12.4 Å². The van der Waals surface area contributed by atoms with E-state index in [1.165, 1.54) is 0 Å². The van der Waals surface area contributed by atoms with Gasteiger partial charge in [0.05, 0.1) is 23.7 Å². The van der Waals surface area contributed by atoms with E-state index in [0.717, 1.165) is 22.4 Å². The van der Waals surface area contributed by atoms with Crippen molar-refractivity contribution < 1.29 is 12.4 Å². The summed E-state index contributed by atoms with van der Waals surface area (Å²) in [6, 6.07) is 7.86. The zero-order valence-electron chi connectivity index (χ0n) is 7.81. The maximum Gasteiger partial charge on any atom is 0.256 e. The van der Waals surface area contributed by atoms with Crippen LogP contribution in [0.5, 0.6) is 0 Å². The molecular formula is C12H7ClN2. The van der Waals surface area contributed by atoms with Crippen molar-refractivity contribution in [1.82, 2.24) is 9.97 Å². The Labute approximate surface area is 93.8 Å². The quantitative estimate of drug-likeness (QED) is 0.546. The summed E-state index contributed by atoms with van der Waals surface area (Å²) in [5.41, 5.74) is 3.57. The molecule has 2 nitrogen and oxygen atoms in total. The average Bonchev–Trinajstić information content (AvgIpc) is 2.26. The average molecular weight is 215 g/mol. The first kappa shape index (κ1) is 9.78. The van der Waals surface area contributed by atoms with E-state index in [9.17, 15) is 0 Å². The second-order valence-corrected chi connectivity index (χ2v) is 3.12. The molecule has 0 aliphatic heterocycles. The predicted molar refractivity (Wildman–Crippen MR) is 55.5 cm³/mol. The lowest BCUT2D eigenvalue weighted by molar-refractivity contribution is -0.00000280. The number of hydrogen-bond acceptors (Lipinski definition) is 2. The number of para-hydroxylation sites is 2. The van der Waals surface area contributed by atoms with Crippen LogP contribution in [0.15, 0.2) is 36.4 Å². The van der Waals surface area contributed by atoms with Crippen molar-refractivity contribution >= 4 is 17.1 Å². The lowest BCUT2D eigenvalue weighted by Crippen LogP contribution is -3.00. The topological polar surface area (TPSA) is 25.8 Å². The summed E-state index contributed by atoms with van der Waals surface area (Å²) in [5.74, 6) is 0. The minimum atomic E-state index is 0. The monoisotopic (exact) mass is 214 g/mol. The molecule has 1 heterocycles. The van der Waals surface area contributed by atoms with Crippen LogP contribution in [0.25, 0.3) is 17.1 Å². The van der Waals surface area contributed by atoms with E-state index < -0.39 is 0 Å². The molecule has 1 aromatic carbocycles. The Bertz CT molecular complexity index is 508. The van der Waals surface area contributed by atoms with Gasteiger partial charge in [0.15, 0.2) is 0 Å². The van der Waals surface area contributed by atoms with Gasteiger partial charge < -0.3 is 12.4 Å². The molecule has 0 radical (unpaired) electrons. The van der Waals surface area contributed by atoms with Gasteiger partial charge in [0.1, 0.15) is 11.6 Å². The van der Waals surface area contributed by atoms with Crippen molar-refractivity contribution in [3.63, 3.8) is 0 Å². The van der Waals surface area contributed by atoms with E-state index in [1.807, 2.05) is 42.5 Å². The first-order valence-electron chi connectivity index (χ1n) is 4.47. The number of halogens is 1. The molecule has 0 unspecified atom stereocenters. The summed E-state index contributed by atoms with van der Waals surface area (Å²) in [7, 11) is 0. The minimum Gasteiger partial charge on any atom is -1.00 e. The van der Waals surface area contributed by atoms with Crippen LogP contribution in [0.2, 0.25) is 0 Å². The smallest absolute Gasteiger partial charge is 0.256 e. The number of benzene rings is 1. The Morgan fingerprint density at radius 2 is 1.73 bits per heavy atom. The van der Waals surface area contributed by atoms with Gasteiger partial charge in [-0.1, -0.05) is 12.1 Å². The zero-order chi connectivity index (χ0) is 9.38. The van der Waals surface area contributed by atoms with Crippen LogP contribution >= 0.6 is 0 Å². The number of aromatic nitrogens is 2. The number of rotatable bonds is 0. The van der Waals surface area contributed by atoms with Gasteiger partial charge >= 0.3 is 0 Å². The summed E-state index contributed by atoms with van der Waals surface area (Å²) in [4.78, 5) is 8.94. The molecule has 1 aliphatic rings. The predicted octanol–water partition coefficient (Wildman–Crippen LogP) is -0.632. The molecular weight excluding hydrogens is 208 g/mol. The first-order valence-corrected chi connectivity index (χ1v) is 4.47. The number of nitrogens with zero attached hydrogens (tertiary/aromatic N) is 2. The van der Waals surface area contributed by atoms with E-state index in [0.29, 0.717) is 0 Å². The molecule has 3 heteroatoms. The Balaban J connectivity index is 0.000000853. The molecule has 0 amide bonds. The molecule has 3 rings (SSSR count). The SMILES string of the molecule is [C+]1=CC=Cc2nc3ccccc3nc21.[Cl-]. The van der Waals surface area contributed by atoms with E-state index in [2.05, 4.69) is 16.0 Å². The van der Waals surface area contributed by atoms with E-state index in [4.69, 9.17) is 0 Å². The summed E-state index contributed by atoms with van der Waals surface area (Å²) in [6.07, 6.45) is 8.79. The van der Waals surface area contributed by atoms with Crippen molar-refractivity contribution in [2.24, 2.45) is 0 Å². The zero-order valence-corrected chi connectivity index (χ0v) is 8.57. The van der Waals surface area contributed by atoms with Crippen LogP contribution in [-0.2, 0) is 0 Å². The highest BCUT2D eigenvalue weighted by Crippen LogP contribution is 2.16. The van der Waals surface area contributed by atoms with Crippen molar-refractivity contribution in [1.29, 1.82) is 0 Å². The minimum absolute atomic E-state index is 0. The highest BCUT2D eigenvalue weighted by Gasteiger charge is 2.13. The fourth-order valence-corrected chi connectivity index (χ4v) is 1.50. The molecule has 1 aliphatic carbocycles. The van der Waals surface area contributed by atoms with Crippen LogP contribution in [0, 0.1) is 6.08 Å². The molecule has 0 atom stereocenters. The third-order valence-corrected chi connectivity index (χ3v) is 2.17. The van der Waals surface area contributed by atoms with Crippen molar-refractivity contribution in [3.05, 3.63) is 53.9 Å². The lowest BCUT2D eigenvalue weighted by atomic mass is 10.2. The lowest BCUT2D eigenvalue weighted by Gasteiger charge is -1.97. The molecule has 0 saturated heterocycles. The third-order valence-electron chi connectivity index (χ3n) is 2.17. The Morgan fingerprint density at radius 3 is 2.53 bits per heavy atom. The third kappa shape index (κ3) is 1.61. The maximum absolute atomic E-state index is 4.48. The molecule has 0 bridgehead atoms. The standard InChI is InChI=1S/C12H7N2.ClH/c1-2-6-10-9(5-1)13-11-7-3-4-8-12(11)14-10;/h1-7H;1H/q+1;/p-1. The second-order valence-electron chi connectivity index (χ2n) is 3.12. The Kier molecular flexibility index (Phi) is 2.46. The summed E-state index contributed by atoms with van der Waals surface area (Å²) in [5, 5.41) is 0. The molecule has 72 valence electrons. The van der Waals surface area contributed by atoms with Gasteiger partial charge in [0, 0.05) is 0 Å². The van der Waals surface area contributed by atoms with Gasteiger partial charge in [0.25, 0.3) is 5.69 Å². The highest BCUT2D eigenvalue weighted by molar-refractivity contribution is 5.76. The molecule has 0 N–H and O–H groups in total. The normalized spacial score (nSPS) is 11.7. The first-order chi connectivity index (χ1) is 6.93. The summed E-state index contributed by atoms with van der Waals surface area (Å²) in [6.45, 7) is 0. The van der Waals surface area contributed by atoms with Gasteiger partial charge in [-0.3, -0.25) is 0 Å². The van der Waals surface area contributed by atoms with Crippen LogP contribution in [0.1, 0.15) is 11.4 Å². The Hall–Kier alpha value is -1.76. The largest absolute Gasteiger partial charge is 1.00 e. The molecule has 15 heavy (non-hydrogen) atoms. The fourth-order valence-electron chi connectivity index (χ4n) is 1.50. The van der Waals surface area contributed by atoms with Crippen LogP contribution in [-0.4, -0.2) is 9.97 Å².